The third-order valence-electron chi connectivity index (χ3n) is 4.77. The number of hydrogen-bond donors (Lipinski definition) is 3. The van der Waals surface area contributed by atoms with Gasteiger partial charge in [-0.25, -0.2) is 18.8 Å². The van der Waals surface area contributed by atoms with Crippen LogP contribution in [0.25, 0.3) is 22.6 Å². The van der Waals surface area contributed by atoms with Crippen LogP contribution in [0.4, 0.5) is 21.7 Å². The minimum atomic E-state index is -1.15. The summed E-state index contributed by atoms with van der Waals surface area (Å²) in [5.41, 5.74) is 3.94. The highest BCUT2D eigenvalue weighted by molar-refractivity contribution is 6.33. The maximum absolute atomic E-state index is 13.5. The molecule has 180 valence electrons. The largest absolute Gasteiger partial charge is 0.478 e. The SMILES string of the molecule is O=C(O)c1cc(-c2ccc(C=NNc3nc4nonc4nc3Nc3ccc(F)c(Cl)c3)o2)ccc1Cl. The number of hydrogen-bond acceptors (Lipinski definition) is 10. The first-order valence-corrected chi connectivity index (χ1v) is 10.8. The molecule has 3 heterocycles. The van der Waals surface area contributed by atoms with Gasteiger partial charge in [-0.1, -0.05) is 23.2 Å². The Bertz CT molecular complexity index is 1640. The van der Waals surface area contributed by atoms with Gasteiger partial charge in [-0.3, -0.25) is 5.43 Å². The van der Waals surface area contributed by atoms with Gasteiger partial charge in [0.05, 0.1) is 21.8 Å². The summed E-state index contributed by atoms with van der Waals surface area (Å²) in [5, 5.41) is 23.7. The zero-order valence-electron chi connectivity index (χ0n) is 17.7. The molecule has 14 heteroatoms. The predicted molar refractivity (Wildman–Crippen MR) is 129 cm³/mol. The number of nitrogens with zero attached hydrogens (tertiary/aromatic N) is 5. The number of carbonyl (C=O) groups is 1. The number of hydrazone groups is 1. The van der Waals surface area contributed by atoms with Gasteiger partial charge in [0.1, 0.15) is 17.3 Å². The Morgan fingerprint density at radius 3 is 2.53 bits per heavy atom. The van der Waals surface area contributed by atoms with Crippen molar-refractivity contribution in [2.75, 3.05) is 10.7 Å². The molecule has 0 saturated heterocycles. The van der Waals surface area contributed by atoms with E-state index >= 15 is 0 Å². The van der Waals surface area contributed by atoms with Crippen LogP contribution in [0.1, 0.15) is 16.1 Å². The first-order chi connectivity index (χ1) is 17.4. The smallest absolute Gasteiger partial charge is 0.337 e. The molecule has 0 spiro atoms. The van der Waals surface area contributed by atoms with Gasteiger partial charge >= 0.3 is 5.97 Å². The number of halogens is 3. The lowest BCUT2D eigenvalue weighted by atomic mass is 10.1. The van der Waals surface area contributed by atoms with Crippen LogP contribution < -0.4 is 10.7 Å². The second-order valence-corrected chi connectivity index (χ2v) is 7.97. The monoisotopic (exact) mass is 527 g/mol. The van der Waals surface area contributed by atoms with Crippen molar-refractivity contribution in [2.45, 2.75) is 0 Å². The predicted octanol–water partition coefficient (Wildman–Crippen LogP) is 5.61. The zero-order valence-corrected chi connectivity index (χ0v) is 19.2. The molecule has 0 aliphatic rings. The summed E-state index contributed by atoms with van der Waals surface area (Å²) >= 11 is 11.8. The second-order valence-electron chi connectivity index (χ2n) is 7.16. The summed E-state index contributed by atoms with van der Waals surface area (Å²) in [6.07, 6.45) is 1.38. The highest BCUT2D eigenvalue weighted by Crippen LogP contribution is 2.28. The number of anilines is 3. The van der Waals surface area contributed by atoms with Gasteiger partial charge in [0, 0.05) is 11.3 Å². The number of benzene rings is 2. The Labute approximate surface area is 210 Å². The van der Waals surface area contributed by atoms with E-state index in [9.17, 15) is 14.3 Å². The van der Waals surface area contributed by atoms with Gasteiger partial charge in [-0.15, -0.1) is 0 Å². The fourth-order valence-electron chi connectivity index (χ4n) is 3.09. The molecule has 11 nitrogen and oxygen atoms in total. The van der Waals surface area contributed by atoms with E-state index in [0.717, 1.165) is 0 Å². The molecule has 36 heavy (non-hydrogen) atoms. The number of furan rings is 1. The van der Waals surface area contributed by atoms with Crippen LogP contribution in [0.15, 0.2) is 62.7 Å². The summed E-state index contributed by atoms with van der Waals surface area (Å²) in [5.74, 6) is -0.580. The zero-order chi connectivity index (χ0) is 25.2. The Hall–Kier alpha value is -4.55. The maximum Gasteiger partial charge on any atom is 0.337 e. The number of aromatic carboxylic acids is 1. The first kappa shape index (κ1) is 23.2. The molecule has 0 amide bonds. The van der Waals surface area contributed by atoms with Gasteiger partial charge in [-0.2, -0.15) is 10.1 Å². The number of carboxylic acid groups (broad SMARTS) is 1. The van der Waals surface area contributed by atoms with Crippen molar-refractivity contribution in [3.8, 4) is 11.3 Å². The standard InChI is InChI=1S/C22H12Cl2FN7O4/c23-14-4-1-10(7-13(14)22(33)34)17-6-3-12(35-17)9-26-30-19-18(28-20-21(29-19)32-36-31-20)27-11-2-5-16(25)15(24)8-11/h1-9H,(H,33,34)(H,27,28,31)(H,29,30,32). The lowest BCUT2D eigenvalue weighted by Crippen LogP contribution is -2.03. The third-order valence-corrected chi connectivity index (χ3v) is 5.39. The molecule has 0 aliphatic heterocycles. The highest BCUT2D eigenvalue weighted by Gasteiger charge is 2.14. The molecule has 3 aromatic heterocycles. The molecule has 3 N–H and O–H groups in total. The van der Waals surface area contributed by atoms with Crippen molar-refractivity contribution in [2.24, 2.45) is 5.10 Å². The average Bonchev–Trinajstić information content (AvgIpc) is 3.51. The van der Waals surface area contributed by atoms with Crippen molar-refractivity contribution in [3.05, 3.63) is 75.7 Å². The van der Waals surface area contributed by atoms with Gasteiger partial charge < -0.3 is 14.8 Å². The molecule has 0 bridgehead atoms. The topological polar surface area (TPSA) is 152 Å². The van der Waals surface area contributed by atoms with Gasteiger partial charge in [0.2, 0.25) is 11.3 Å². The molecule has 5 aromatic rings. The van der Waals surface area contributed by atoms with Crippen molar-refractivity contribution in [3.63, 3.8) is 0 Å². The van der Waals surface area contributed by atoms with Crippen LogP contribution in [0.2, 0.25) is 10.0 Å². The van der Waals surface area contributed by atoms with E-state index in [1.165, 1.54) is 36.5 Å². The van der Waals surface area contributed by atoms with E-state index < -0.39 is 11.8 Å². The normalized spacial score (nSPS) is 11.3. The van der Waals surface area contributed by atoms with Crippen LogP contribution in [-0.4, -0.2) is 37.6 Å². The Morgan fingerprint density at radius 2 is 1.78 bits per heavy atom. The number of rotatable bonds is 7. The van der Waals surface area contributed by atoms with E-state index in [4.69, 9.17) is 27.6 Å². The van der Waals surface area contributed by atoms with E-state index in [2.05, 4.69) is 40.8 Å². The molecule has 0 atom stereocenters. The van der Waals surface area contributed by atoms with E-state index in [1.54, 1.807) is 18.2 Å². The number of carboxylic acids is 1. The molecule has 0 radical (unpaired) electrons. The van der Waals surface area contributed by atoms with Crippen LogP contribution in [0.3, 0.4) is 0 Å². The molecule has 5 rings (SSSR count). The van der Waals surface area contributed by atoms with E-state index in [0.29, 0.717) is 22.8 Å². The van der Waals surface area contributed by atoms with E-state index in [-0.39, 0.29) is 38.5 Å². The fourth-order valence-corrected chi connectivity index (χ4v) is 3.47. The highest BCUT2D eigenvalue weighted by atomic mass is 35.5. The number of aromatic nitrogens is 4. The Balaban J connectivity index is 1.38. The van der Waals surface area contributed by atoms with Gasteiger partial charge in [0.15, 0.2) is 11.6 Å². The fraction of sp³-hybridized carbons (Fsp3) is 0. The molecule has 2 aromatic carbocycles. The summed E-state index contributed by atoms with van der Waals surface area (Å²) in [4.78, 5) is 19.9. The van der Waals surface area contributed by atoms with Crippen LogP contribution in [0, 0.1) is 5.82 Å². The summed E-state index contributed by atoms with van der Waals surface area (Å²) in [6.45, 7) is 0. The quantitative estimate of drug-likeness (QED) is 0.180. The van der Waals surface area contributed by atoms with Crippen LogP contribution >= 0.6 is 23.2 Å². The first-order valence-electron chi connectivity index (χ1n) is 10.0. The van der Waals surface area contributed by atoms with Crippen molar-refractivity contribution in [1.29, 1.82) is 0 Å². The summed E-state index contributed by atoms with van der Waals surface area (Å²) in [7, 11) is 0. The Morgan fingerprint density at radius 1 is 1.00 bits per heavy atom. The van der Waals surface area contributed by atoms with Crippen molar-refractivity contribution >= 4 is 64.0 Å². The minimum absolute atomic E-state index is 0.0405. The van der Waals surface area contributed by atoms with Gasteiger partial charge in [0.25, 0.3) is 0 Å². The van der Waals surface area contributed by atoms with Crippen LogP contribution in [-0.2, 0) is 0 Å². The average molecular weight is 528 g/mol. The molecule has 0 saturated carbocycles. The van der Waals surface area contributed by atoms with E-state index in [1.807, 2.05) is 0 Å². The lowest BCUT2D eigenvalue weighted by Gasteiger charge is -2.09. The van der Waals surface area contributed by atoms with Gasteiger partial charge in [-0.05, 0) is 58.8 Å². The lowest BCUT2D eigenvalue weighted by molar-refractivity contribution is 0.0697. The molecular weight excluding hydrogens is 516 g/mol. The molecule has 0 aliphatic carbocycles. The Kier molecular flexibility index (Phi) is 6.19. The summed E-state index contributed by atoms with van der Waals surface area (Å²) < 4.78 is 23.9. The molecule has 0 unspecified atom stereocenters. The number of nitrogens with one attached hydrogen (secondary N) is 2. The molecular formula is C22H12Cl2FN7O4. The molecule has 0 fully saturated rings. The second kappa shape index (κ2) is 9.60. The maximum atomic E-state index is 13.5. The van der Waals surface area contributed by atoms with Crippen LogP contribution in [0.5, 0.6) is 0 Å². The van der Waals surface area contributed by atoms with Crippen molar-refractivity contribution in [1.82, 2.24) is 20.3 Å². The minimum Gasteiger partial charge on any atom is -0.478 e. The summed E-state index contributed by atoms with van der Waals surface area (Å²) in [6, 6.07) is 11.9. The number of fused-ring (bicyclic) bond motifs is 1. The third kappa shape index (κ3) is 4.80. The van der Waals surface area contributed by atoms with Crippen molar-refractivity contribution < 1.29 is 23.3 Å².